The number of methoxy groups -OCH3 is 1. The molecule has 0 bridgehead atoms. The van der Waals surface area contributed by atoms with Crippen LogP contribution in [0.2, 0.25) is 0 Å². The molecule has 202 valence electrons. The molecule has 0 aromatic heterocycles. The van der Waals surface area contributed by atoms with E-state index in [1.165, 1.54) is 12.1 Å². The lowest BCUT2D eigenvalue weighted by Gasteiger charge is -2.36. The Labute approximate surface area is 220 Å². The summed E-state index contributed by atoms with van der Waals surface area (Å²) in [6, 6.07) is 5.76. The van der Waals surface area contributed by atoms with Gasteiger partial charge < -0.3 is 20.3 Å². The molecule has 2 aliphatic heterocycles. The third kappa shape index (κ3) is 4.51. The van der Waals surface area contributed by atoms with E-state index >= 15 is 0 Å². The van der Waals surface area contributed by atoms with Crippen LogP contribution in [-0.2, 0) is 25.0 Å². The predicted molar refractivity (Wildman–Crippen MR) is 137 cm³/mol. The summed E-state index contributed by atoms with van der Waals surface area (Å²) in [5, 5.41) is 5.87. The number of hydrogen-bond acceptors (Lipinski definition) is 7. The molecular formula is C26H29FN4O6S. The molecule has 10 nitrogen and oxygen atoms in total. The highest BCUT2D eigenvalue weighted by molar-refractivity contribution is 7.92. The van der Waals surface area contributed by atoms with Crippen molar-refractivity contribution in [1.82, 2.24) is 10.2 Å². The van der Waals surface area contributed by atoms with Crippen molar-refractivity contribution in [2.45, 2.75) is 48.5 Å². The largest absolute Gasteiger partial charge is 0.465 e. The van der Waals surface area contributed by atoms with Crippen LogP contribution < -0.4 is 15.4 Å². The molecule has 5 rings (SSSR count). The maximum Gasteiger partial charge on any atom is 0.337 e. The molecule has 1 spiro atoms. The zero-order valence-electron chi connectivity index (χ0n) is 21.1. The van der Waals surface area contributed by atoms with E-state index in [2.05, 4.69) is 25.0 Å². The van der Waals surface area contributed by atoms with Crippen molar-refractivity contribution < 1.29 is 31.9 Å². The number of carbonyl (C=O) groups excluding carboxylic acids is 3. The third-order valence-electron chi connectivity index (χ3n) is 7.73. The lowest BCUT2D eigenvalue weighted by Crippen LogP contribution is -2.43. The molecular weight excluding hydrogens is 515 g/mol. The van der Waals surface area contributed by atoms with Gasteiger partial charge in [0.05, 0.1) is 35.0 Å². The van der Waals surface area contributed by atoms with Gasteiger partial charge in [0.15, 0.2) is 0 Å². The fourth-order valence-corrected chi connectivity index (χ4v) is 6.47. The molecule has 1 aliphatic carbocycles. The number of benzene rings is 2. The first kappa shape index (κ1) is 26.1. The first-order chi connectivity index (χ1) is 18.0. The molecule has 1 saturated heterocycles. The number of amides is 2. The van der Waals surface area contributed by atoms with E-state index in [0.717, 1.165) is 57.7 Å². The first-order valence-electron chi connectivity index (χ1n) is 12.4. The van der Waals surface area contributed by atoms with Crippen molar-refractivity contribution in [1.29, 1.82) is 0 Å². The van der Waals surface area contributed by atoms with E-state index in [0.29, 0.717) is 24.1 Å². The van der Waals surface area contributed by atoms with E-state index < -0.39 is 38.0 Å². The Morgan fingerprint density at radius 2 is 1.87 bits per heavy atom. The zero-order chi connectivity index (χ0) is 27.2. The van der Waals surface area contributed by atoms with Crippen LogP contribution in [0.25, 0.3) is 0 Å². The van der Waals surface area contributed by atoms with Gasteiger partial charge in [0.1, 0.15) is 10.7 Å². The second-order valence-corrected chi connectivity index (χ2v) is 11.8. The molecule has 2 aromatic carbocycles. The van der Waals surface area contributed by atoms with Gasteiger partial charge in [0.25, 0.3) is 15.9 Å². The number of rotatable bonds is 6. The highest BCUT2D eigenvalue weighted by atomic mass is 32.2. The van der Waals surface area contributed by atoms with Crippen molar-refractivity contribution in [3.05, 3.63) is 52.8 Å². The topological polar surface area (TPSA) is 134 Å². The van der Waals surface area contributed by atoms with Crippen LogP contribution in [0.4, 0.5) is 15.8 Å². The Kier molecular flexibility index (Phi) is 6.64. The number of fused-ring (bicyclic) bond motifs is 2. The number of piperidine rings is 1. The van der Waals surface area contributed by atoms with Gasteiger partial charge in [0.2, 0.25) is 5.91 Å². The highest BCUT2D eigenvalue weighted by Crippen LogP contribution is 2.52. The minimum absolute atomic E-state index is 0.0384. The van der Waals surface area contributed by atoms with E-state index in [9.17, 15) is 27.2 Å². The number of sulfonamides is 1. The summed E-state index contributed by atoms with van der Waals surface area (Å²) in [5.74, 6) is -2.56. The van der Waals surface area contributed by atoms with Gasteiger partial charge in [0, 0.05) is 6.04 Å². The fourth-order valence-electron chi connectivity index (χ4n) is 5.36. The molecule has 3 aliphatic rings. The van der Waals surface area contributed by atoms with E-state index in [1.54, 1.807) is 0 Å². The number of likely N-dealkylation sites (tertiary alicyclic amines) is 1. The summed E-state index contributed by atoms with van der Waals surface area (Å²) >= 11 is 0. The Hall–Kier alpha value is -3.51. The fraction of sp³-hybridized carbons (Fsp3) is 0.423. The molecule has 0 atom stereocenters. The normalized spacial score (nSPS) is 18.9. The molecule has 2 aromatic rings. The average molecular weight is 545 g/mol. The minimum Gasteiger partial charge on any atom is -0.465 e. The van der Waals surface area contributed by atoms with Gasteiger partial charge in [-0.2, -0.15) is 0 Å². The molecule has 2 fully saturated rings. The number of ether oxygens (including phenoxy) is 1. The summed E-state index contributed by atoms with van der Waals surface area (Å²) in [6.07, 6.45) is 3.54. The third-order valence-corrected chi connectivity index (χ3v) is 9.14. The van der Waals surface area contributed by atoms with Crippen LogP contribution in [0.5, 0.6) is 0 Å². The molecule has 38 heavy (non-hydrogen) atoms. The van der Waals surface area contributed by atoms with Gasteiger partial charge >= 0.3 is 5.97 Å². The first-order valence-corrected chi connectivity index (χ1v) is 13.9. The molecule has 2 amide bonds. The summed E-state index contributed by atoms with van der Waals surface area (Å²) in [6.45, 7) is 1.67. The van der Waals surface area contributed by atoms with Crippen molar-refractivity contribution in [3.63, 3.8) is 0 Å². The summed E-state index contributed by atoms with van der Waals surface area (Å²) in [4.78, 5) is 39.5. The van der Waals surface area contributed by atoms with Gasteiger partial charge in [-0.1, -0.05) is 6.42 Å². The molecule has 0 radical (unpaired) electrons. The predicted octanol–water partition coefficient (Wildman–Crippen LogP) is 2.61. The number of nitrogens with zero attached hydrogens (tertiary/aromatic N) is 1. The number of carbonyl (C=O) groups is 3. The van der Waals surface area contributed by atoms with Gasteiger partial charge in [-0.25, -0.2) is 17.6 Å². The summed E-state index contributed by atoms with van der Waals surface area (Å²) in [5.41, 5.74) is 0.188. The summed E-state index contributed by atoms with van der Waals surface area (Å²) < 4.78 is 48.0. The molecule has 0 unspecified atom stereocenters. The Morgan fingerprint density at radius 1 is 1.16 bits per heavy atom. The standard InChI is InChI=1S/C26H29FN4O6S/c1-31-10-6-16(7-11-31)28-23(32)18-13-17(14-19-22(18)29-25(34)26(19)8-3-9-26)30-38(35,36)21-5-4-15(12-20(21)27)24(33)37-2/h4-5,12-14,16,30H,3,6-11H2,1-2H3,(H,28,32)(H,29,34). The molecule has 1 saturated carbocycles. The SMILES string of the molecule is COC(=O)c1ccc(S(=O)(=O)Nc2cc(C(=O)NC3CCN(C)CC3)c3c(c2)C2(CCC2)C(=O)N3)c(F)c1. The Balaban J connectivity index is 1.49. The molecule has 3 N–H and O–H groups in total. The monoisotopic (exact) mass is 544 g/mol. The lowest BCUT2D eigenvalue weighted by atomic mass is 9.65. The molecule has 12 heteroatoms. The van der Waals surface area contributed by atoms with E-state index in [-0.39, 0.29) is 28.8 Å². The van der Waals surface area contributed by atoms with Crippen LogP contribution in [0, 0.1) is 5.82 Å². The van der Waals surface area contributed by atoms with Crippen LogP contribution >= 0.6 is 0 Å². The molecule has 2 heterocycles. The van der Waals surface area contributed by atoms with Crippen LogP contribution in [0.3, 0.4) is 0 Å². The number of nitrogens with one attached hydrogen (secondary N) is 3. The lowest BCUT2D eigenvalue weighted by molar-refractivity contribution is -0.123. The second-order valence-electron chi connectivity index (χ2n) is 10.1. The number of esters is 1. The van der Waals surface area contributed by atoms with Crippen LogP contribution in [0.1, 0.15) is 58.4 Å². The number of anilines is 2. The number of halogens is 1. The Morgan fingerprint density at radius 3 is 2.47 bits per heavy atom. The van der Waals surface area contributed by atoms with Crippen molar-refractivity contribution >= 4 is 39.2 Å². The van der Waals surface area contributed by atoms with Crippen LogP contribution in [-0.4, -0.2) is 64.4 Å². The van der Waals surface area contributed by atoms with Crippen molar-refractivity contribution in [3.8, 4) is 0 Å². The Bertz CT molecular complexity index is 1430. The van der Waals surface area contributed by atoms with Crippen molar-refractivity contribution in [2.75, 3.05) is 37.3 Å². The van der Waals surface area contributed by atoms with Gasteiger partial charge in [-0.05, 0) is 81.7 Å². The van der Waals surface area contributed by atoms with Crippen molar-refractivity contribution in [2.24, 2.45) is 0 Å². The van der Waals surface area contributed by atoms with E-state index in [1.807, 2.05) is 7.05 Å². The maximum atomic E-state index is 14.7. The maximum absolute atomic E-state index is 14.7. The zero-order valence-corrected chi connectivity index (χ0v) is 21.9. The smallest absolute Gasteiger partial charge is 0.337 e. The highest BCUT2D eigenvalue weighted by Gasteiger charge is 2.52. The van der Waals surface area contributed by atoms with Crippen LogP contribution in [0.15, 0.2) is 35.2 Å². The average Bonchev–Trinajstić information content (AvgIpc) is 3.15. The number of hydrogen-bond donors (Lipinski definition) is 3. The summed E-state index contributed by atoms with van der Waals surface area (Å²) in [7, 11) is -1.30. The van der Waals surface area contributed by atoms with Gasteiger partial charge in [-0.15, -0.1) is 0 Å². The van der Waals surface area contributed by atoms with E-state index in [4.69, 9.17) is 0 Å². The van der Waals surface area contributed by atoms with Gasteiger partial charge in [-0.3, -0.25) is 14.3 Å². The quantitative estimate of drug-likeness (QED) is 0.476. The second kappa shape index (κ2) is 9.66. The minimum atomic E-state index is -4.45.